The molecule has 0 amide bonds. The number of aryl methyl sites for hydroxylation is 1. The van der Waals surface area contributed by atoms with Crippen LogP contribution in [0, 0.1) is 11.3 Å². The van der Waals surface area contributed by atoms with Crippen LogP contribution >= 0.6 is 23.1 Å². The van der Waals surface area contributed by atoms with E-state index >= 15 is 0 Å². The van der Waals surface area contributed by atoms with E-state index in [1.807, 2.05) is 12.1 Å². The van der Waals surface area contributed by atoms with Crippen molar-refractivity contribution in [1.82, 2.24) is 14.8 Å². The van der Waals surface area contributed by atoms with E-state index < -0.39 is 0 Å². The Labute approximate surface area is 132 Å². The molecule has 3 heterocycles. The topological polar surface area (TPSA) is 54.5 Å². The molecule has 0 bridgehead atoms. The Kier molecular flexibility index (Phi) is 4.42. The predicted octanol–water partition coefficient (Wildman–Crippen LogP) is 3.85. The highest BCUT2D eigenvalue weighted by atomic mass is 32.2. The van der Waals surface area contributed by atoms with Gasteiger partial charge in [0.05, 0.1) is 9.78 Å². The van der Waals surface area contributed by atoms with Crippen LogP contribution in [-0.4, -0.2) is 21.0 Å². The molecule has 0 saturated carbocycles. The molecule has 108 valence electrons. The van der Waals surface area contributed by atoms with Crippen molar-refractivity contribution in [3.63, 3.8) is 0 Å². The predicted molar refractivity (Wildman–Crippen MR) is 87.2 cm³/mol. The molecule has 0 radical (unpaired) electrons. The summed E-state index contributed by atoms with van der Waals surface area (Å²) >= 11 is 3.41. The minimum absolute atomic E-state index is 0.602. The summed E-state index contributed by atoms with van der Waals surface area (Å²) in [6.45, 7) is 0.914. The lowest BCUT2D eigenvalue weighted by Crippen LogP contribution is -2.05. The number of aromatic nitrogens is 3. The fourth-order valence-electron chi connectivity index (χ4n) is 2.50. The van der Waals surface area contributed by atoms with Crippen molar-refractivity contribution in [3.8, 4) is 6.07 Å². The average molecular weight is 316 g/mol. The van der Waals surface area contributed by atoms with E-state index in [2.05, 4.69) is 33.2 Å². The molecule has 6 heteroatoms. The van der Waals surface area contributed by atoms with Crippen LogP contribution < -0.4 is 0 Å². The molecule has 0 N–H and O–H groups in total. The number of nitrogens with zero attached hydrogens (tertiary/aromatic N) is 4. The Balaban J connectivity index is 1.97. The zero-order chi connectivity index (χ0) is 14.7. The second-order valence-corrected chi connectivity index (χ2v) is 7.15. The fraction of sp³-hybridized carbons (Fsp3) is 0.400. The van der Waals surface area contributed by atoms with E-state index in [-0.39, 0.29) is 0 Å². The van der Waals surface area contributed by atoms with Gasteiger partial charge in [0.1, 0.15) is 11.9 Å². The molecule has 0 saturated heterocycles. The smallest absolute Gasteiger partial charge is 0.174 e. The molecule has 0 unspecified atom stereocenters. The number of thiophene rings is 1. The summed E-state index contributed by atoms with van der Waals surface area (Å²) in [5.74, 6) is 1.73. The van der Waals surface area contributed by atoms with Gasteiger partial charge in [-0.05, 0) is 37.3 Å². The molecule has 0 aromatic carbocycles. The third kappa shape index (κ3) is 3.04. The largest absolute Gasteiger partial charge is 0.310 e. The summed E-state index contributed by atoms with van der Waals surface area (Å²) in [4.78, 5) is 1.09. The number of rotatable bonds is 3. The molecule has 0 atom stereocenters. The van der Waals surface area contributed by atoms with E-state index in [4.69, 9.17) is 0 Å². The highest BCUT2D eigenvalue weighted by Crippen LogP contribution is 2.28. The van der Waals surface area contributed by atoms with Gasteiger partial charge in [-0.15, -0.1) is 33.3 Å². The summed E-state index contributed by atoms with van der Waals surface area (Å²) in [7, 11) is 0. The molecular weight excluding hydrogens is 300 g/mol. The van der Waals surface area contributed by atoms with Crippen LogP contribution in [0.1, 0.15) is 35.8 Å². The first kappa shape index (κ1) is 14.4. The maximum Gasteiger partial charge on any atom is 0.174 e. The lowest BCUT2D eigenvalue weighted by atomic mass is 10.2. The van der Waals surface area contributed by atoms with Gasteiger partial charge in [0.15, 0.2) is 5.82 Å². The summed E-state index contributed by atoms with van der Waals surface area (Å²) in [5.41, 5.74) is 0.602. The van der Waals surface area contributed by atoms with Gasteiger partial charge in [0, 0.05) is 17.8 Å². The highest BCUT2D eigenvalue weighted by Gasteiger charge is 2.17. The number of allylic oxidation sites excluding steroid dienone is 1. The standard InChI is InChI=1S/C15H16N4S2/c1-20-14-7-6-12(21-14)9-11(10-16)15-18-17-13-5-3-2-4-8-19(13)15/h6-7,9H,2-5,8H2,1H3/b11-9+. The maximum absolute atomic E-state index is 9.50. The van der Waals surface area contributed by atoms with Gasteiger partial charge in [-0.2, -0.15) is 5.26 Å². The third-order valence-electron chi connectivity index (χ3n) is 3.56. The van der Waals surface area contributed by atoms with Crippen LogP contribution in [-0.2, 0) is 13.0 Å². The van der Waals surface area contributed by atoms with Crippen LogP contribution in [0.5, 0.6) is 0 Å². The van der Waals surface area contributed by atoms with Crippen molar-refractivity contribution < 1.29 is 0 Å². The van der Waals surface area contributed by atoms with E-state index in [0.29, 0.717) is 11.4 Å². The van der Waals surface area contributed by atoms with E-state index in [1.165, 1.54) is 10.6 Å². The molecule has 0 aliphatic carbocycles. The zero-order valence-corrected chi connectivity index (χ0v) is 13.5. The van der Waals surface area contributed by atoms with Crippen molar-refractivity contribution in [2.24, 2.45) is 0 Å². The summed E-state index contributed by atoms with van der Waals surface area (Å²) in [5, 5.41) is 18.0. The average Bonchev–Trinajstić information content (AvgIpc) is 3.05. The molecule has 3 rings (SSSR count). The Bertz CT molecular complexity index is 706. The summed E-state index contributed by atoms with van der Waals surface area (Å²) in [6, 6.07) is 6.42. The quantitative estimate of drug-likeness (QED) is 0.637. The van der Waals surface area contributed by atoms with Gasteiger partial charge < -0.3 is 4.57 Å². The van der Waals surface area contributed by atoms with Gasteiger partial charge in [-0.1, -0.05) is 6.42 Å². The van der Waals surface area contributed by atoms with Gasteiger partial charge in [-0.25, -0.2) is 0 Å². The minimum atomic E-state index is 0.602. The molecule has 21 heavy (non-hydrogen) atoms. The number of hydrogen-bond donors (Lipinski definition) is 0. The van der Waals surface area contributed by atoms with Crippen molar-refractivity contribution in [2.45, 2.75) is 36.4 Å². The lowest BCUT2D eigenvalue weighted by Gasteiger charge is -2.05. The lowest BCUT2D eigenvalue weighted by molar-refractivity contribution is 0.627. The molecule has 1 aliphatic heterocycles. The Morgan fingerprint density at radius 2 is 2.29 bits per heavy atom. The molecule has 2 aromatic heterocycles. The van der Waals surface area contributed by atoms with Gasteiger partial charge in [0.2, 0.25) is 0 Å². The van der Waals surface area contributed by atoms with Crippen molar-refractivity contribution in [2.75, 3.05) is 6.26 Å². The van der Waals surface area contributed by atoms with Crippen LogP contribution in [0.2, 0.25) is 0 Å². The maximum atomic E-state index is 9.50. The van der Waals surface area contributed by atoms with Crippen LogP contribution in [0.25, 0.3) is 11.6 Å². The summed E-state index contributed by atoms with van der Waals surface area (Å²) in [6.07, 6.45) is 8.45. The fourth-order valence-corrected chi connectivity index (χ4v) is 4.00. The first-order valence-electron chi connectivity index (χ1n) is 7.00. The second kappa shape index (κ2) is 6.46. The van der Waals surface area contributed by atoms with Gasteiger partial charge >= 0.3 is 0 Å². The van der Waals surface area contributed by atoms with Crippen molar-refractivity contribution in [1.29, 1.82) is 5.26 Å². The molecule has 1 aliphatic rings. The molecule has 4 nitrogen and oxygen atoms in total. The minimum Gasteiger partial charge on any atom is -0.310 e. The second-order valence-electron chi connectivity index (χ2n) is 4.93. The Hall–Kier alpha value is -1.58. The third-order valence-corrected chi connectivity index (χ3v) is 5.68. The van der Waals surface area contributed by atoms with E-state index in [0.717, 1.165) is 36.5 Å². The van der Waals surface area contributed by atoms with E-state index in [1.54, 1.807) is 23.1 Å². The number of fused-ring (bicyclic) bond motifs is 1. The zero-order valence-electron chi connectivity index (χ0n) is 11.9. The molecular formula is C15H16N4S2. The van der Waals surface area contributed by atoms with Crippen LogP contribution in [0.15, 0.2) is 16.3 Å². The Morgan fingerprint density at radius 3 is 3.05 bits per heavy atom. The SMILES string of the molecule is CSc1ccc(/C=C(\C#N)c2nnc3n2CCCCC3)s1. The summed E-state index contributed by atoms with van der Waals surface area (Å²) < 4.78 is 3.36. The van der Waals surface area contributed by atoms with E-state index in [9.17, 15) is 5.26 Å². The van der Waals surface area contributed by atoms with Gasteiger partial charge in [0.25, 0.3) is 0 Å². The van der Waals surface area contributed by atoms with Gasteiger partial charge in [-0.3, -0.25) is 0 Å². The monoisotopic (exact) mass is 316 g/mol. The van der Waals surface area contributed by atoms with Crippen LogP contribution in [0.3, 0.4) is 0 Å². The normalized spacial score (nSPS) is 15.3. The van der Waals surface area contributed by atoms with Crippen molar-refractivity contribution >= 4 is 34.7 Å². The molecule has 2 aromatic rings. The number of thioether (sulfide) groups is 1. The first-order chi connectivity index (χ1) is 10.3. The number of nitriles is 1. The highest BCUT2D eigenvalue weighted by molar-refractivity contribution is 8.00. The first-order valence-corrected chi connectivity index (χ1v) is 9.04. The Morgan fingerprint density at radius 1 is 1.38 bits per heavy atom. The van der Waals surface area contributed by atoms with Crippen LogP contribution in [0.4, 0.5) is 0 Å². The number of hydrogen-bond acceptors (Lipinski definition) is 5. The molecule has 0 spiro atoms. The molecule has 0 fully saturated rings. The van der Waals surface area contributed by atoms with Crippen molar-refractivity contribution in [3.05, 3.63) is 28.7 Å².